The zero-order valence-electron chi connectivity index (χ0n) is 12.1. The van der Waals surface area contributed by atoms with Crippen LogP contribution in [0.4, 0.5) is 0 Å². The summed E-state index contributed by atoms with van der Waals surface area (Å²) in [5.41, 5.74) is 2.62. The van der Waals surface area contributed by atoms with Crippen LogP contribution < -0.4 is 5.32 Å². The molecule has 98 valence electrons. The fourth-order valence-corrected chi connectivity index (χ4v) is 3.07. The van der Waals surface area contributed by atoms with Crippen molar-refractivity contribution >= 4 is 0 Å². The summed E-state index contributed by atoms with van der Waals surface area (Å²) in [5, 5.41) is 3.40. The molecule has 2 unspecified atom stereocenters. The van der Waals surface area contributed by atoms with Crippen molar-refractivity contribution in [2.75, 3.05) is 0 Å². The number of allylic oxidation sites excluding steroid dienone is 2. The molecule has 1 fully saturated rings. The van der Waals surface area contributed by atoms with Crippen molar-refractivity contribution in [3.8, 4) is 0 Å². The van der Waals surface area contributed by atoms with E-state index < -0.39 is 0 Å². The molecule has 1 nitrogen and oxygen atoms in total. The monoisotopic (exact) mass is 235 g/mol. The van der Waals surface area contributed by atoms with Crippen LogP contribution in [0.1, 0.15) is 59.8 Å². The lowest BCUT2D eigenvalue weighted by Crippen LogP contribution is -2.40. The first-order valence-electron chi connectivity index (χ1n) is 7.06. The lowest BCUT2D eigenvalue weighted by molar-refractivity contribution is 0.159. The second kappa shape index (κ2) is 5.75. The summed E-state index contributed by atoms with van der Waals surface area (Å²) in [4.78, 5) is 0. The third-order valence-corrected chi connectivity index (χ3v) is 4.55. The van der Waals surface area contributed by atoms with Crippen LogP contribution in [0, 0.1) is 17.3 Å². The normalized spacial score (nSPS) is 27.1. The first-order valence-corrected chi connectivity index (χ1v) is 7.06. The first-order chi connectivity index (χ1) is 7.92. The zero-order valence-corrected chi connectivity index (χ0v) is 12.1. The Morgan fingerprint density at radius 3 is 2.35 bits per heavy atom. The topological polar surface area (TPSA) is 12.0 Å². The van der Waals surface area contributed by atoms with E-state index in [-0.39, 0.29) is 5.41 Å². The molecule has 0 saturated carbocycles. The van der Waals surface area contributed by atoms with Gasteiger partial charge in [0.25, 0.3) is 0 Å². The van der Waals surface area contributed by atoms with Crippen LogP contribution in [0.3, 0.4) is 0 Å². The van der Waals surface area contributed by atoms with Crippen LogP contribution in [0.5, 0.6) is 0 Å². The summed E-state index contributed by atoms with van der Waals surface area (Å²) in [6.45, 7) is 17.6. The maximum atomic E-state index is 4.27. The summed E-state index contributed by atoms with van der Waals surface area (Å²) in [6.07, 6.45) is 6.12. The average Bonchev–Trinajstić information content (AvgIpc) is 2.27. The van der Waals surface area contributed by atoms with Gasteiger partial charge in [-0.15, -0.1) is 0 Å². The van der Waals surface area contributed by atoms with Crippen molar-refractivity contribution in [1.29, 1.82) is 0 Å². The molecule has 0 aromatic carbocycles. The number of nitrogens with one attached hydrogen (secondary N) is 1. The molecule has 0 aliphatic carbocycles. The highest BCUT2D eigenvalue weighted by molar-refractivity contribution is 5.20. The Kier molecular flexibility index (Phi) is 4.85. The molecule has 0 amide bonds. The van der Waals surface area contributed by atoms with Gasteiger partial charge in [-0.25, -0.2) is 0 Å². The quantitative estimate of drug-likeness (QED) is 0.717. The van der Waals surface area contributed by atoms with Crippen molar-refractivity contribution in [1.82, 2.24) is 5.32 Å². The SMILES string of the molecule is C=C1CCC(CC)(C(C)CCC(C)C)C(=C)N1. The van der Waals surface area contributed by atoms with Crippen LogP contribution >= 0.6 is 0 Å². The molecule has 0 bridgehead atoms. The Bertz CT molecular complexity index is 290. The van der Waals surface area contributed by atoms with E-state index in [4.69, 9.17) is 0 Å². The molecular weight excluding hydrogens is 206 g/mol. The number of hydrogen-bond acceptors (Lipinski definition) is 1. The van der Waals surface area contributed by atoms with Gasteiger partial charge in [-0.3, -0.25) is 0 Å². The maximum Gasteiger partial charge on any atom is 0.0141 e. The molecule has 1 aliphatic rings. The average molecular weight is 235 g/mol. The third kappa shape index (κ3) is 3.14. The van der Waals surface area contributed by atoms with Gasteiger partial charge in [-0.2, -0.15) is 0 Å². The maximum absolute atomic E-state index is 4.27. The molecule has 1 saturated heterocycles. The minimum absolute atomic E-state index is 0.288. The Morgan fingerprint density at radius 2 is 1.88 bits per heavy atom. The molecule has 1 heteroatoms. The third-order valence-electron chi connectivity index (χ3n) is 4.55. The van der Waals surface area contributed by atoms with E-state index in [0.29, 0.717) is 5.92 Å². The van der Waals surface area contributed by atoms with Gasteiger partial charge in [0.15, 0.2) is 0 Å². The van der Waals surface area contributed by atoms with Gasteiger partial charge < -0.3 is 5.32 Å². The van der Waals surface area contributed by atoms with Crippen LogP contribution in [-0.4, -0.2) is 0 Å². The van der Waals surface area contributed by atoms with E-state index >= 15 is 0 Å². The molecular formula is C16H29N. The van der Waals surface area contributed by atoms with Crippen molar-refractivity contribution in [2.24, 2.45) is 17.3 Å². The first kappa shape index (κ1) is 14.3. The highest BCUT2D eigenvalue weighted by Crippen LogP contribution is 2.47. The second-order valence-corrected chi connectivity index (χ2v) is 6.09. The number of hydrogen-bond donors (Lipinski definition) is 1. The van der Waals surface area contributed by atoms with Gasteiger partial charge in [-0.05, 0) is 37.5 Å². The van der Waals surface area contributed by atoms with Crippen LogP contribution in [0.25, 0.3) is 0 Å². The molecule has 1 rings (SSSR count). The van der Waals surface area contributed by atoms with Gasteiger partial charge in [-0.1, -0.05) is 47.3 Å². The van der Waals surface area contributed by atoms with Gasteiger partial charge in [0, 0.05) is 16.8 Å². The number of piperidine rings is 1. The molecule has 0 spiro atoms. The van der Waals surface area contributed by atoms with E-state index in [1.165, 1.54) is 31.4 Å². The highest BCUT2D eigenvalue weighted by Gasteiger charge is 2.39. The Hall–Kier alpha value is -0.720. The largest absolute Gasteiger partial charge is 0.363 e. The van der Waals surface area contributed by atoms with Crippen molar-refractivity contribution < 1.29 is 0 Å². The fourth-order valence-electron chi connectivity index (χ4n) is 3.07. The molecule has 1 aliphatic heterocycles. The van der Waals surface area contributed by atoms with E-state index in [9.17, 15) is 0 Å². The Labute approximate surface area is 107 Å². The minimum Gasteiger partial charge on any atom is -0.363 e. The van der Waals surface area contributed by atoms with E-state index in [1.54, 1.807) is 0 Å². The van der Waals surface area contributed by atoms with Gasteiger partial charge in [0.2, 0.25) is 0 Å². The van der Waals surface area contributed by atoms with Crippen molar-refractivity contribution in [3.63, 3.8) is 0 Å². The van der Waals surface area contributed by atoms with Gasteiger partial charge >= 0.3 is 0 Å². The predicted molar refractivity (Wildman–Crippen MR) is 76.6 cm³/mol. The van der Waals surface area contributed by atoms with E-state index in [2.05, 4.69) is 46.2 Å². The Morgan fingerprint density at radius 1 is 1.24 bits per heavy atom. The summed E-state index contributed by atoms with van der Waals surface area (Å²) in [6, 6.07) is 0. The molecule has 0 aromatic heterocycles. The summed E-state index contributed by atoms with van der Waals surface area (Å²) in [5.74, 6) is 1.51. The second-order valence-electron chi connectivity index (χ2n) is 6.09. The van der Waals surface area contributed by atoms with E-state index in [1.807, 2.05) is 0 Å². The van der Waals surface area contributed by atoms with Gasteiger partial charge in [0.1, 0.15) is 0 Å². The smallest absolute Gasteiger partial charge is 0.0141 e. The minimum atomic E-state index is 0.288. The summed E-state index contributed by atoms with van der Waals surface area (Å²) >= 11 is 0. The standard InChI is InChI=1S/C16H29N/c1-7-16(13(4)9-8-12(2)3)11-10-14(5)17-15(16)6/h12-13,17H,5-11H2,1-4H3. The predicted octanol–water partition coefficient (Wildman–Crippen LogP) is 4.87. The highest BCUT2D eigenvalue weighted by atomic mass is 14.9. The summed E-state index contributed by atoms with van der Waals surface area (Å²) < 4.78 is 0. The number of rotatable bonds is 5. The lowest BCUT2D eigenvalue weighted by Gasteiger charge is -2.45. The molecule has 17 heavy (non-hydrogen) atoms. The Balaban J connectivity index is 2.73. The lowest BCUT2D eigenvalue weighted by atomic mass is 9.65. The van der Waals surface area contributed by atoms with E-state index in [0.717, 1.165) is 18.0 Å². The molecule has 0 aromatic rings. The van der Waals surface area contributed by atoms with Crippen LogP contribution in [-0.2, 0) is 0 Å². The molecule has 1 N–H and O–H groups in total. The summed E-state index contributed by atoms with van der Waals surface area (Å²) in [7, 11) is 0. The molecule has 0 radical (unpaired) electrons. The van der Waals surface area contributed by atoms with Crippen molar-refractivity contribution in [2.45, 2.75) is 59.8 Å². The van der Waals surface area contributed by atoms with Crippen LogP contribution in [0.15, 0.2) is 24.6 Å². The fraction of sp³-hybridized carbons (Fsp3) is 0.750. The van der Waals surface area contributed by atoms with Gasteiger partial charge in [0.05, 0.1) is 0 Å². The molecule has 2 atom stereocenters. The molecule has 1 heterocycles. The van der Waals surface area contributed by atoms with Crippen LogP contribution in [0.2, 0.25) is 0 Å². The zero-order chi connectivity index (χ0) is 13.1. The van der Waals surface area contributed by atoms with Crippen molar-refractivity contribution in [3.05, 3.63) is 24.6 Å².